The molecule has 2 rings (SSSR count). The maximum absolute atomic E-state index is 10.4. The van der Waals surface area contributed by atoms with Crippen LogP contribution in [0.15, 0.2) is 0 Å². The van der Waals surface area contributed by atoms with Crippen molar-refractivity contribution in [3.63, 3.8) is 0 Å². The van der Waals surface area contributed by atoms with E-state index >= 15 is 0 Å². The van der Waals surface area contributed by atoms with E-state index in [1.165, 1.54) is 6.42 Å². The number of aliphatic hydroxyl groups excluding tert-OH is 2. The third-order valence-electron chi connectivity index (χ3n) is 6.01. The van der Waals surface area contributed by atoms with Crippen molar-refractivity contribution in [2.24, 2.45) is 22.7 Å². The molecule has 0 aliphatic heterocycles. The van der Waals surface area contributed by atoms with Gasteiger partial charge in [-0.3, -0.25) is 0 Å². The van der Waals surface area contributed by atoms with Gasteiger partial charge in [0.05, 0.1) is 6.10 Å². The highest BCUT2D eigenvalue weighted by Crippen LogP contribution is 2.60. The third kappa shape index (κ3) is 1.94. The Bertz CT molecular complexity index is 276. The third-order valence-corrected chi connectivity index (χ3v) is 6.01. The fourth-order valence-electron chi connectivity index (χ4n) is 4.37. The monoisotopic (exact) mass is 240 g/mol. The minimum Gasteiger partial charge on any atom is -0.396 e. The normalized spacial score (nSPS) is 46.9. The van der Waals surface area contributed by atoms with Gasteiger partial charge >= 0.3 is 0 Å². The van der Waals surface area contributed by atoms with Gasteiger partial charge in [0.1, 0.15) is 0 Å². The second-order valence-electron chi connectivity index (χ2n) is 7.01. The van der Waals surface area contributed by atoms with E-state index in [1.807, 2.05) is 0 Å². The summed E-state index contributed by atoms with van der Waals surface area (Å²) in [6.07, 6.45) is 6.28. The van der Waals surface area contributed by atoms with Crippen molar-refractivity contribution in [1.82, 2.24) is 0 Å². The van der Waals surface area contributed by atoms with E-state index in [2.05, 4.69) is 20.8 Å². The molecule has 2 aliphatic carbocycles. The molecule has 2 saturated carbocycles. The number of fused-ring (bicyclic) bond motifs is 1. The van der Waals surface area contributed by atoms with Crippen molar-refractivity contribution >= 4 is 0 Å². The summed E-state index contributed by atoms with van der Waals surface area (Å²) < 4.78 is 0. The van der Waals surface area contributed by atoms with Crippen molar-refractivity contribution < 1.29 is 10.2 Å². The summed E-state index contributed by atoms with van der Waals surface area (Å²) in [5.41, 5.74) is -0.0662. The molecule has 2 N–H and O–H groups in total. The van der Waals surface area contributed by atoms with Gasteiger partial charge in [0, 0.05) is 17.4 Å². The molecule has 0 unspecified atom stereocenters. The molecular formula is C15H28O2. The number of aliphatic hydroxyl groups is 2. The number of hydrogen-bond donors (Lipinski definition) is 2. The van der Waals surface area contributed by atoms with Crippen LogP contribution in [-0.4, -0.2) is 22.9 Å². The van der Waals surface area contributed by atoms with Crippen molar-refractivity contribution in [3.05, 3.63) is 0 Å². The zero-order chi connectivity index (χ0) is 12.7. The smallest absolute Gasteiger partial charge is 0.0600 e. The molecule has 0 aromatic rings. The lowest BCUT2D eigenvalue weighted by Crippen LogP contribution is -2.56. The minimum atomic E-state index is -0.218. The van der Waals surface area contributed by atoms with Crippen LogP contribution in [0.3, 0.4) is 0 Å². The van der Waals surface area contributed by atoms with E-state index in [4.69, 9.17) is 0 Å². The van der Waals surface area contributed by atoms with Gasteiger partial charge in [0.2, 0.25) is 0 Å². The molecular weight excluding hydrogens is 212 g/mol. The molecule has 17 heavy (non-hydrogen) atoms. The Kier molecular flexibility index (Phi) is 3.57. The van der Waals surface area contributed by atoms with Gasteiger partial charge in [-0.1, -0.05) is 27.2 Å². The summed E-state index contributed by atoms with van der Waals surface area (Å²) in [5.74, 6) is 1.41. The summed E-state index contributed by atoms with van der Waals surface area (Å²) in [7, 11) is 0. The molecule has 4 atom stereocenters. The lowest BCUT2D eigenvalue weighted by atomic mass is 9.47. The largest absolute Gasteiger partial charge is 0.396 e. The van der Waals surface area contributed by atoms with Gasteiger partial charge < -0.3 is 10.2 Å². The van der Waals surface area contributed by atoms with E-state index in [0.29, 0.717) is 11.8 Å². The molecule has 0 heterocycles. The Morgan fingerprint density at radius 3 is 2.53 bits per heavy atom. The molecule has 0 amide bonds. The molecule has 100 valence electrons. The molecule has 2 heteroatoms. The van der Waals surface area contributed by atoms with E-state index in [-0.39, 0.29) is 23.5 Å². The first-order valence-corrected chi connectivity index (χ1v) is 7.24. The van der Waals surface area contributed by atoms with Gasteiger partial charge in [0.15, 0.2) is 0 Å². The predicted octanol–water partition coefficient (Wildman–Crippen LogP) is 2.97. The minimum absolute atomic E-state index is 0.00391. The molecule has 0 saturated heterocycles. The second-order valence-corrected chi connectivity index (χ2v) is 7.01. The van der Waals surface area contributed by atoms with Gasteiger partial charge in [-0.05, 0) is 43.9 Å². The first-order valence-electron chi connectivity index (χ1n) is 7.24. The summed E-state index contributed by atoms with van der Waals surface area (Å²) in [6.45, 7) is 7.05. The van der Waals surface area contributed by atoms with Gasteiger partial charge in [-0.2, -0.15) is 0 Å². The van der Waals surface area contributed by atoms with Crippen LogP contribution in [0, 0.1) is 22.7 Å². The lowest BCUT2D eigenvalue weighted by molar-refractivity contribution is -0.164. The molecule has 0 spiro atoms. The quantitative estimate of drug-likeness (QED) is 0.779. The van der Waals surface area contributed by atoms with Crippen LogP contribution >= 0.6 is 0 Å². The van der Waals surface area contributed by atoms with E-state index in [9.17, 15) is 10.2 Å². The van der Waals surface area contributed by atoms with Crippen LogP contribution in [0.25, 0.3) is 0 Å². The first kappa shape index (κ1) is 13.4. The van der Waals surface area contributed by atoms with Crippen molar-refractivity contribution in [1.29, 1.82) is 0 Å². The van der Waals surface area contributed by atoms with Crippen molar-refractivity contribution in [2.75, 3.05) is 6.61 Å². The number of rotatable bonds is 2. The Morgan fingerprint density at radius 2 is 1.94 bits per heavy atom. The van der Waals surface area contributed by atoms with E-state index in [0.717, 1.165) is 32.1 Å². The van der Waals surface area contributed by atoms with Gasteiger partial charge in [0.25, 0.3) is 0 Å². The molecule has 0 bridgehead atoms. The molecule has 0 radical (unpaired) electrons. The zero-order valence-corrected chi connectivity index (χ0v) is 11.6. The number of hydrogen-bond acceptors (Lipinski definition) is 2. The van der Waals surface area contributed by atoms with Gasteiger partial charge in [-0.25, -0.2) is 0 Å². The average molecular weight is 240 g/mol. The molecule has 2 aliphatic rings. The molecule has 0 aromatic carbocycles. The maximum Gasteiger partial charge on any atom is 0.0600 e. The Balaban J connectivity index is 2.27. The first-order chi connectivity index (χ1) is 7.95. The Hall–Kier alpha value is -0.0800. The molecule has 0 aromatic heterocycles. The maximum atomic E-state index is 10.4. The highest BCUT2D eigenvalue weighted by Gasteiger charge is 2.56. The van der Waals surface area contributed by atoms with Crippen LogP contribution < -0.4 is 0 Å². The van der Waals surface area contributed by atoms with Crippen LogP contribution in [0.2, 0.25) is 0 Å². The summed E-state index contributed by atoms with van der Waals surface area (Å²) in [6, 6.07) is 0. The molecule has 2 fully saturated rings. The van der Waals surface area contributed by atoms with E-state index < -0.39 is 0 Å². The Morgan fingerprint density at radius 1 is 1.24 bits per heavy atom. The fraction of sp³-hybridized carbons (Fsp3) is 1.00. The van der Waals surface area contributed by atoms with Crippen molar-refractivity contribution in [2.45, 2.75) is 65.4 Å². The predicted molar refractivity (Wildman–Crippen MR) is 69.7 cm³/mol. The average Bonchev–Trinajstić information content (AvgIpc) is 2.30. The SMILES string of the molecule is CC(C)[C@@H]1CC[C@]2(CO)CCC[C@@H](O)[C@]2(C)C1. The van der Waals surface area contributed by atoms with E-state index in [1.54, 1.807) is 0 Å². The molecule has 2 nitrogen and oxygen atoms in total. The fourth-order valence-corrected chi connectivity index (χ4v) is 4.37. The summed E-state index contributed by atoms with van der Waals surface area (Å²) >= 11 is 0. The van der Waals surface area contributed by atoms with Crippen molar-refractivity contribution in [3.8, 4) is 0 Å². The van der Waals surface area contributed by atoms with Crippen LogP contribution in [0.5, 0.6) is 0 Å². The second kappa shape index (κ2) is 4.55. The Labute approximate surface area is 105 Å². The van der Waals surface area contributed by atoms with Crippen LogP contribution in [-0.2, 0) is 0 Å². The highest BCUT2D eigenvalue weighted by atomic mass is 16.3. The topological polar surface area (TPSA) is 40.5 Å². The van der Waals surface area contributed by atoms with Crippen LogP contribution in [0.4, 0.5) is 0 Å². The van der Waals surface area contributed by atoms with Crippen LogP contribution in [0.1, 0.15) is 59.3 Å². The van der Waals surface area contributed by atoms with Gasteiger partial charge in [-0.15, -0.1) is 0 Å². The zero-order valence-electron chi connectivity index (χ0n) is 11.6. The summed E-state index contributed by atoms with van der Waals surface area (Å²) in [4.78, 5) is 0. The summed E-state index contributed by atoms with van der Waals surface area (Å²) in [5, 5.41) is 20.3. The highest BCUT2D eigenvalue weighted by molar-refractivity contribution is 5.06. The standard InChI is InChI=1S/C15H28O2/c1-11(2)12-6-8-15(10-16)7-4-5-13(17)14(15,3)9-12/h11-13,16-17H,4-10H2,1-3H3/t12-,13-,14+,15+/m1/s1. The lowest BCUT2D eigenvalue weighted by Gasteiger charge is -2.59.